The Hall–Kier alpha value is -2.90. The Labute approximate surface area is 191 Å². The third kappa shape index (κ3) is 4.42. The van der Waals surface area contributed by atoms with Crippen LogP contribution < -0.4 is 9.80 Å². The van der Waals surface area contributed by atoms with Crippen LogP contribution in [0, 0.1) is 11.6 Å². The van der Waals surface area contributed by atoms with Crippen LogP contribution in [0.4, 0.5) is 27.6 Å². The fourth-order valence-electron chi connectivity index (χ4n) is 4.21. The van der Waals surface area contributed by atoms with E-state index in [0.717, 1.165) is 34.6 Å². The van der Waals surface area contributed by atoms with Crippen molar-refractivity contribution in [1.82, 2.24) is 4.31 Å². The topological polar surface area (TPSA) is 79.2 Å². The number of imide groups is 1. The van der Waals surface area contributed by atoms with Crippen LogP contribution in [0.15, 0.2) is 47.4 Å². The largest absolute Gasteiger partial charge is 0.416 e. The maximum Gasteiger partial charge on any atom is 0.416 e. The highest BCUT2D eigenvalue weighted by atomic mass is 32.2. The van der Waals surface area contributed by atoms with E-state index in [-0.39, 0.29) is 38.3 Å². The second-order valence-electron chi connectivity index (χ2n) is 8.01. The summed E-state index contributed by atoms with van der Waals surface area (Å²) >= 11 is 0. The summed E-state index contributed by atoms with van der Waals surface area (Å²) in [7, 11) is -4.21. The van der Waals surface area contributed by atoms with Crippen molar-refractivity contribution in [2.75, 3.05) is 31.1 Å². The zero-order valence-electron chi connectivity index (χ0n) is 17.5. The number of nitrogens with zero attached hydrogens (tertiary/aromatic N) is 2. The Morgan fingerprint density at radius 2 is 1.65 bits per heavy atom. The normalized spacial score (nSPS) is 20.9. The van der Waals surface area contributed by atoms with E-state index in [1.54, 1.807) is 0 Å². The van der Waals surface area contributed by atoms with Gasteiger partial charge in [0.25, 0.3) is 5.91 Å². The third-order valence-corrected chi connectivity index (χ3v) is 7.85. The molecule has 2 aromatic carbocycles. The van der Waals surface area contributed by atoms with Crippen molar-refractivity contribution in [3.05, 3.63) is 59.7 Å². The number of hydrogen-bond donors (Lipinski definition) is 1. The molecule has 7 nitrogen and oxygen atoms in total. The standard InChI is InChI=1S/C21H18F5N3O4S/c22-14-4-5-17(16(23)11-14)29-19(30)12-18(20(29)31)27-6-8-28(9-7-27)34(32,33)15-3-1-2-13(10-15)21(24,25)26/h1-5,10-11,18H,6-9,12H2/p+1/t18-/m1/s1. The Morgan fingerprint density at radius 3 is 2.26 bits per heavy atom. The molecule has 1 N–H and O–H groups in total. The average molecular weight is 504 g/mol. The first-order valence-corrected chi connectivity index (χ1v) is 11.7. The summed E-state index contributed by atoms with van der Waals surface area (Å²) in [5.74, 6) is -3.26. The molecule has 0 spiro atoms. The Morgan fingerprint density at radius 1 is 0.971 bits per heavy atom. The lowest BCUT2D eigenvalue weighted by molar-refractivity contribution is -0.918. The van der Waals surface area contributed by atoms with Crippen molar-refractivity contribution in [3.8, 4) is 0 Å². The first-order valence-electron chi connectivity index (χ1n) is 10.2. The SMILES string of the molecule is O=C1C[C@@H]([NH+]2CCN(S(=O)(=O)c3cccc(C(F)(F)F)c3)CC2)C(=O)N1c1ccc(F)cc1F. The number of nitrogens with one attached hydrogen (secondary N) is 1. The molecular formula is C21H19F5N3O4S+. The van der Waals surface area contributed by atoms with Crippen LogP contribution in [0.5, 0.6) is 0 Å². The maximum absolute atomic E-state index is 14.1. The predicted octanol–water partition coefficient (Wildman–Crippen LogP) is 1.20. The first kappa shape index (κ1) is 24.2. The van der Waals surface area contributed by atoms with E-state index in [1.807, 2.05) is 0 Å². The van der Waals surface area contributed by atoms with E-state index >= 15 is 0 Å². The number of sulfonamides is 1. The highest BCUT2D eigenvalue weighted by Crippen LogP contribution is 2.31. The van der Waals surface area contributed by atoms with Crippen molar-refractivity contribution in [2.45, 2.75) is 23.5 Å². The number of halogens is 5. The molecule has 34 heavy (non-hydrogen) atoms. The van der Waals surface area contributed by atoms with Gasteiger partial charge in [0.05, 0.1) is 48.7 Å². The first-order chi connectivity index (χ1) is 15.9. The molecule has 182 valence electrons. The summed E-state index contributed by atoms with van der Waals surface area (Å²) in [6, 6.07) is 5.06. The molecule has 2 fully saturated rings. The molecule has 2 heterocycles. The second-order valence-corrected chi connectivity index (χ2v) is 9.95. The van der Waals surface area contributed by atoms with E-state index in [1.165, 1.54) is 0 Å². The van der Waals surface area contributed by atoms with E-state index in [0.29, 0.717) is 21.9 Å². The van der Waals surface area contributed by atoms with Crippen molar-refractivity contribution < 1.29 is 44.9 Å². The lowest BCUT2D eigenvalue weighted by atomic mass is 10.2. The number of rotatable bonds is 4. The van der Waals surface area contributed by atoms with Gasteiger partial charge in [-0.05, 0) is 30.3 Å². The molecule has 1 atom stereocenters. The van der Waals surface area contributed by atoms with Gasteiger partial charge in [-0.3, -0.25) is 9.59 Å². The minimum Gasteiger partial charge on any atom is -0.322 e. The predicted molar refractivity (Wildman–Crippen MR) is 108 cm³/mol. The highest BCUT2D eigenvalue weighted by molar-refractivity contribution is 7.89. The second kappa shape index (κ2) is 8.71. The number of carbonyl (C=O) groups is 2. The molecule has 0 aliphatic carbocycles. The van der Waals surface area contributed by atoms with Crippen molar-refractivity contribution in [2.24, 2.45) is 0 Å². The number of alkyl halides is 3. The molecule has 2 aliphatic heterocycles. The van der Waals surface area contributed by atoms with Crippen LogP contribution in [-0.2, 0) is 25.8 Å². The maximum atomic E-state index is 14.1. The summed E-state index contributed by atoms with van der Waals surface area (Å²) in [6.07, 6.45) is -4.93. The summed E-state index contributed by atoms with van der Waals surface area (Å²) < 4.78 is 93.0. The van der Waals surface area contributed by atoms with Gasteiger partial charge in [0.2, 0.25) is 15.9 Å². The lowest BCUT2D eigenvalue weighted by Crippen LogP contribution is -3.19. The summed E-state index contributed by atoms with van der Waals surface area (Å²) in [4.78, 5) is 26.1. The Kier molecular flexibility index (Phi) is 6.21. The lowest BCUT2D eigenvalue weighted by Gasteiger charge is -2.33. The fourth-order valence-corrected chi connectivity index (χ4v) is 5.70. The number of quaternary nitrogens is 1. The Balaban J connectivity index is 1.47. The molecule has 2 saturated heterocycles. The minimum atomic E-state index is -4.69. The van der Waals surface area contributed by atoms with Gasteiger partial charge in [0.15, 0.2) is 6.04 Å². The Bertz CT molecular complexity index is 1240. The van der Waals surface area contributed by atoms with Crippen LogP contribution in [0.2, 0.25) is 0 Å². The van der Waals surface area contributed by atoms with Crippen LogP contribution in [0.3, 0.4) is 0 Å². The van der Waals surface area contributed by atoms with E-state index in [2.05, 4.69) is 0 Å². The van der Waals surface area contributed by atoms with Gasteiger partial charge in [-0.1, -0.05) is 6.07 Å². The highest BCUT2D eigenvalue weighted by Gasteiger charge is 2.48. The number of benzene rings is 2. The zero-order valence-corrected chi connectivity index (χ0v) is 18.3. The monoisotopic (exact) mass is 504 g/mol. The molecule has 0 aromatic heterocycles. The number of hydrogen-bond acceptors (Lipinski definition) is 4. The molecule has 0 saturated carbocycles. The zero-order chi connectivity index (χ0) is 24.8. The molecule has 0 bridgehead atoms. The average Bonchev–Trinajstić information content (AvgIpc) is 3.07. The van der Waals surface area contributed by atoms with Gasteiger partial charge in [-0.25, -0.2) is 22.1 Å². The molecular weight excluding hydrogens is 485 g/mol. The summed E-state index contributed by atoms with van der Waals surface area (Å²) in [5, 5.41) is 0. The molecule has 2 aromatic rings. The quantitative estimate of drug-likeness (QED) is 0.502. The molecule has 4 rings (SSSR count). The van der Waals surface area contributed by atoms with Crippen molar-refractivity contribution >= 4 is 27.5 Å². The molecule has 2 aliphatic rings. The molecule has 13 heteroatoms. The van der Waals surface area contributed by atoms with Crippen LogP contribution in [0.25, 0.3) is 0 Å². The van der Waals surface area contributed by atoms with Gasteiger partial charge in [0.1, 0.15) is 11.6 Å². The molecule has 0 radical (unpaired) electrons. The smallest absolute Gasteiger partial charge is 0.322 e. The molecule has 2 amide bonds. The van der Waals surface area contributed by atoms with Crippen molar-refractivity contribution in [1.29, 1.82) is 0 Å². The third-order valence-electron chi connectivity index (χ3n) is 5.95. The van der Waals surface area contributed by atoms with Gasteiger partial charge >= 0.3 is 6.18 Å². The minimum absolute atomic E-state index is 0.0865. The fraction of sp³-hybridized carbons (Fsp3) is 0.333. The van der Waals surface area contributed by atoms with Gasteiger partial charge in [-0.15, -0.1) is 0 Å². The van der Waals surface area contributed by atoms with Gasteiger partial charge in [0, 0.05) is 6.07 Å². The molecule has 0 unspecified atom stereocenters. The number of amides is 2. The number of anilines is 1. The van der Waals surface area contributed by atoms with Crippen molar-refractivity contribution in [3.63, 3.8) is 0 Å². The number of piperazine rings is 1. The summed E-state index contributed by atoms with van der Waals surface area (Å²) in [6.45, 7) is 0.0524. The summed E-state index contributed by atoms with van der Waals surface area (Å²) in [5.41, 5.74) is -1.44. The van der Waals surface area contributed by atoms with Gasteiger partial charge in [-0.2, -0.15) is 17.5 Å². The van der Waals surface area contributed by atoms with Gasteiger partial charge < -0.3 is 4.90 Å². The number of carbonyl (C=O) groups excluding carboxylic acids is 2. The van der Waals surface area contributed by atoms with Crippen LogP contribution in [0.1, 0.15) is 12.0 Å². The van der Waals surface area contributed by atoms with E-state index in [9.17, 15) is 40.0 Å². The van der Waals surface area contributed by atoms with Crippen LogP contribution in [-0.4, -0.2) is 56.8 Å². The van der Waals surface area contributed by atoms with E-state index < -0.39 is 56.1 Å². The van der Waals surface area contributed by atoms with E-state index in [4.69, 9.17) is 0 Å². The van der Waals surface area contributed by atoms with Crippen LogP contribution >= 0.6 is 0 Å².